The van der Waals surface area contributed by atoms with Gasteiger partial charge in [-0.3, -0.25) is 0 Å². The molecule has 0 amide bonds. The van der Waals surface area contributed by atoms with Gasteiger partial charge in [-0.2, -0.15) is 0 Å². The van der Waals surface area contributed by atoms with Crippen LogP contribution >= 0.6 is 11.6 Å². The monoisotopic (exact) mass is 296 g/mol. The smallest absolute Gasteiger partial charge is 0.159 e. The highest BCUT2D eigenvalue weighted by Crippen LogP contribution is 2.37. The van der Waals surface area contributed by atoms with Crippen LogP contribution in [0.4, 0.5) is 0 Å². The number of aromatic nitrogens is 2. The van der Waals surface area contributed by atoms with Gasteiger partial charge in [0.25, 0.3) is 0 Å². The lowest BCUT2D eigenvalue weighted by atomic mass is 9.88. The van der Waals surface area contributed by atoms with Crippen LogP contribution in [0.5, 0.6) is 0 Å². The summed E-state index contributed by atoms with van der Waals surface area (Å²) in [4.78, 5) is 9.20. The van der Waals surface area contributed by atoms with Crippen LogP contribution in [0, 0.1) is 5.41 Å². The molecule has 20 heavy (non-hydrogen) atoms. The number of hydrogen-bond acceptors (Lipinski definition) is 3. The van der Waals surface area contributed by atoms with Crippen molar-refractivity contribution in [3.05, 3.63) is 22.7 Å². The first-order chi connectivity index (χ1) is 9.41. The summed E-state index contributed by atoms with van der Waals surface area (Å²) < 4.78 is 5.88. The molecule has 0 radical (unpaired) electrons. The number of hydrogen-bond donors (Lipinski definition) is 0. The maximum Gasteiger partial charge on any atom is 0.159 e. The molecule has 0 saturated heterocycles. The van der Waals surface area contributed by atoms with Crippen LogP contribution in [-0.2, 0) is 4.74 Å². The third-order valence-corrected chi connectivity index (χ3v) is 4.05. The average molecular weight is 297 g/mol. The van der Waals surface area contributed by atoms with Gasteiger partial charge >= 0.3 is 0 Å². The Kier molecular flexibility index (Phi) is 5.03. The van der Waals surface area contributed by atoms with Gasteiger partial charge in [-0.1, -0.05) is 45.2 Å². The molecule has 0 aromatic carbocycles. The highest BCUT2D eigenvalue weighted by atomic mass is 35.5. The normalized spacial score (nSPS) is 18.4. The van der Waals surface area contributed by atoms with E-state index >= 15 is 0 Å². The summed E-state index contributed by atoms with van der Waals surface area (Å²) in [5.41, 5.74) is 1.04. The Balaban J connectivity index is 2.34. The summed E-state index contributed by atoms with van der Waals surface area (Å²) in [7, 11) is 0. The molecule has 1 aliphatic carbocycles. The Hall–Kier alpha value is -0.670. The second kappa shape index (κ2) is 6.40. The van der Waals surface area contributed by atoms with Crippen LogP contribution in [-0.4, -0.2) is 16.6 Å². The van der Waals surface area contributed by atoms with E-state index in [0.29, 0.717) is 17.7 Å². The van der Waals surface area contributed by atoms with E-state index in [0.717, 1.165) is 11.5 Å². The topological polar surface area (TPSA) is 35.0 Å². The van der Waals surface area contributed by atoms with Crippen LogP contribution in [0.1, 0.15) is 76.9 Å². The third-order valence-electron chi connectivity index (χ3n) is 3.86. The molecule has 1 aromatic rings. The molecule has 2 rings (SSSR count). The molecule has 1 unspecified atom stereocenters. The summed E-state index contributed by atoms with van der Waals surface area (Å²) in [5.74, 6) is 1.27. The zero-order chi connectivity index (χ0) is 14.8. The van der Waals surface area contributed by atoms with E-state index < -0.39 is 0 Å². The zero-order valence-electron chi connectivity index (χ0n) is 12.9. The quantitative estimate of drug-likeness (QED) is 0.740. The molecule has 1 fully saturated rings. The average Bonchev–Trinajstić information content (AvgIpc) is 2.87. The number of nitrogens with zero attached hydrogens (tertiary/aromatic N) is 2. The molecule has 0 aliphatic heterocycles. The van der Waals surface area contributed by atoms with Gasteiger partial charge in [-0.25, -0.2) is 9.97 Å². The Bertz CT molecular complexity index is 450. The number of rotatable bonds is 4. The fourth-order valence-electron chi connectivity index (χ4n) is 2.88. The molecular formula is C16H25ClN2O. The van der Waals surface area contributed by atoms with Crippen molar-refractivity contribution >= 4 is 11.6 Å². The number of ether oxygens (including phenoxy) is 1. The van der Waals surface area contributed by atoms with E-state index in [-0.39, 0.29) is 11.5 Å². The molecule has 1 atom stereocenters. The van der Waals surface area contributed by atoms with Crippen molar-refractivity contribution < 1.29 is 4.74 Å². The van der Waals surface area contributed by atoms with Gasteiger partial charge in [0.05, 0.1) is 0 Å². The van der Waals surface area contributed by atoms with Gasteiger partial charge in [-0.15, -0.1) is 0 Å². The zero-order valence-corrected chi connectivity index (χ0v) is 13.7. The summed E-state index contributed by atoms with van der Waals surface area (Å²) in [6, 6.07) is 1.92. The molecule has 1 saturated carbocycles. The first kappa shape index (κ1) is 15.7. The van der Waals surface area contributed by atoms with Crippen molar-refractivity contribution in [1.82, 2.24) is 9.97 Å². The maximum atomic E-state index is 6.22. The largest absolute Gasteiger partial charge is 0.370 e. The fraction of sp³-hybridized carbons (Fsp3) is 0.750. The van der Waals surface area contributed by atoms with Gasteiger partial charge in [0.15, 0.2) is 5.82 Å². The molecule has 1 heterocycles. The van der Waals surface area contributed by atoms with Crippen molar-refractivity contribution in [3.8, 4) is 0 Å². The minimum Gasteiger partial charge on any atom is -0.370 e. The Morgan fingerprint density at radius 1 is 1.30 bits per heavy atom. The Morgan fingerprint density at radius 3 is 2.50 bits per heavy atom. The predicted molar refractivity (Wildman–Crippen MR) is 82.1 cm³/mol. The molecule has 0 N–H and O–H groups in total. The van der Waals surface area contributed by atoms with Gasteiger partial charge in [0.1, 0.15) is 11.3 Å². The van der Waals surface area contributed by atoms with Crippen molar-refractivity contribution in [2.75, 3.05) is 6.61 Å². The van der Waals surface area contributed by atoms with Crippen molar-refractivity contribution in [2.24, 2.45) is 5.41 Å². The molecule has 112 valence electrons. The summed E-state index contributed by atoms with van der Waals surface area (Å²) in [5, 5.41) is 0.533. The van der Waals surface area contributed by atoms with Gasteiger partial charge in [-0.05, 0) is 31.2 Å². The lowest BCUT2D eigenvalue weighted by Gasteiger charge is -2.29. The molecule has 3 nitrogen and oxygen atoms in total. The van der Waals surface area contributed by atoms with Crippen molar-refractivity contribution in [1.29, 1.82) is 0 Å². The van der Waals surface area contributed by atoms with Crippen LogP contribution in [0.15, 0.2) is 6.07 Å². The Labute approximate surface area is 127 Å². The first-order valence-electron chi connectivity index (χ1n) is 7.57. The third kappa shape index (κ3) is 3.70. The number of halogens is 1. The highest BCUT2D eigenvalue weighted by molar-refractivity contribution is 6.29. The second-order valence-corrected chi connectivity index (χ2v) is 7.04. The van der Waals surface area contributed by atoms with E-state index in [2.05, 4.69) is 25.8 Å². The molecule has 0 bridgehead atoms. The molecule has 4 heteroatoms. The SMILES string of the molecule is CCOC(c1nc(Cl)cc(C2CCCC2)n1)C(C)(C)C. The van der Waals surface area contributed by atoms with Gasteiger partial charge in [0.2, 0.25) is 0 Å². The first-order valence-corrected chi connectivity index (χ1v) is 7.95. The van der Waals surface area contributed by atoms with Crippen LogP contribution in [0.2, 0.25) is 5.15 Å². The second-order valence-electron chi connectivity index (χ2n) is 6.66. The van der Waals surface area contributed by atoms with Crippen molar-refractivity contribution in [3.63, 3.8) is 0 Å². The summed E-state index contributed by atoms with van der Waals surface area (Å²) >= 11 is 6.22. The fourth-order valence-corrected chi connectivity index (χ4v) is 3.08. The highest BCUT2D eigenvalue weighted by Gasteiger charge is 2.31. The van der Waals surface area contributed by atoms with E-state index in [1.807, 2.05) is 13.0 Å². The van der Waals surface area contributed by atoms with E-state index in [1.165, 1.54) is 25.7 Å². The minimum absolute atomic E-state index is 0.0480. The standard InChI is InChI=1S/C16H25ClN2O/c1-5-20-14(16(2,3)4)15-18-12(10-13(17)19-15)11-8-6-7-9-11/h10-11,14H,5-9H2,1-4H3. The lowest BCUT2D eigenvalue weighted by molar-refractivity contribution is -0.0192. The Morgan fingerprint density at radius 2 is 1.95 bits per heavy atom. The van der Waals surface area contributed by atoms with Gasteiger partial charge in [0, 0.05) is 18.2 Å². The molecule has 1 aliphatic rings. The lowest BCUT2D eigenvalue weighted by Crippen LogP contribution is -2.24. The predicted octanol–water partition coefficient (Wildman–Crippen LogP) is 4.91. The maximum absolute atomic E-state index is 6.22. The molecular weight excluding hydrogens is 272 g/mol. The van der Waals surface area contributed by atoms with E-state index in [9.17, 15) is 0 Å². The van der Waals surface area contributed by atoms with Crippen LogP contribution in [0.3, 0.4) is 0 Å². The molecule has 0 spiro atoms. The van der Waals surface area contributed by atoms with E-state index in [1.54, 1.807) is 0 Å². The molecule has 1 aromatic heterocycles. The summed E-state index contributed by atoms with van der Waals surface area (Å²) in [6.07, 6.45) is 4.88. The van der Waals surface area contributed by atoms with E-state index in [4.69, 9.17) is 21.3 Å². The minimum atomic E-state index is -0.119. The van der Waals surface area contributed by atoms with Crippen molar-refractivity contribution in [2.45, 2.75) is 65.4 Å². The van der Waals surface area contributed by atoms with Crippen LogP contribution in [0.25, 0.3) is 0 Å². The van der Waals surface area contributed by atoms with Crippen LogP contribution < -0.4 is 0 Å². The summed E-state index contributed by atoms with van der Waals surface area (Å²) in [6.45, 7) is 9.09. The van der Waals surface area contributed by atoms with Gasteiger partial charge < -0.3 is 4.74 Å².